The Bertz CT molecular complexity index is 861. The standard InChI is InChI=1S/C20H20Cl2FNO3/c1-27-17-6-7-20(23,15-3-2-8-24-19(15)17)18(26)5-4-14-12(11-25)9-13(21)10-16(14)22/h2-3,8-10,17,25H,4-7,11H2,1H3/t17-,20+/m0/s1. The van der Waals surface area contributed by atoms with Gasteiger partial charge in [-0.2, -0.15) is 0 Å². The van der Waals surface area contributed by atoms with Crippen LogP contribution in [0.25, 0.3) is 0 Å². The van der Waals surface area contributed by atoms with E-state index in [0.29, 0.717) is 33.3 Å². The third kappa shape index (κ3) is 3.87. The van der Waals surface area contributed by atoms with Crippen LogP contribution in [0.5, 0.6) is 0 Å². The molecule has 0 amide bonds. The monoisotopic (exact) mass is 411 g/mol. The van der Waals surface area contributed by atoms with Crippen molar-refractivity contribution < 1.29 is 19.0 Å². The summed E-state index contributed by atoms with van der Waals surface area (Å²) in [4.78, 5) is 17.1. The van der Waals surface area contributed by atoms with Crippen molar-refractivity contribution in [3.05, 3.63) is 62.9 Å². The average molecular weight is 412 g/mol. The van der Waals surface area contributed by atoms with Crippen molar-refractivity contribution in [3.8, 4) is 0 Å². The molecule has 2 atom stereocenters. The minimum atomic E-state index is -2.10. The summed E-state index contributed by atoms with van der Waals surface area (Å²) in [6.07, 6.45) is 1.86. The van der Waals surface area contributed by atoms with Crippen LogP contribution in [0, 0.1) is 0 Å². The van der Waals surface area contributed by atoms with E-state index >= 15 is 4.39 Å². The molecule has 0 radical (unpaired) electrons. The summed E-state index contributed by atoms with van der Waals surface area (Å²) >= 11 is 12.2. The zero-order valence-electron chi connectivity index (χ0n) is 14.8. The Hall–Kier alpha value is -1.53. The van der Waals surface area contributed by atoms with Crippen molar-refractivity contribution in [2.45, 2.75) is 44.1 Å². The molecule has 0 spiro atoms. The number of aliphatic hydroxyl groups is 1. The first-order valence-corrected chi connectivity index (χ1v) is 9.44. The maximum absolute atomic E-state index is 15.8. The molecule has 1 aromatic heterocycles. The van der Waals surface area contributed by atoms with E-state index in [1.54, 1.807) is 37.6 Å². The maximum Gasteiger partial charge on any atom is 0.195 e. The number of rotatable bonds is 6. The molecular formula is C20H20Cl2FNO3. The number of Topliss-reactive ketones (excluding diaryl/α,β-unsaturated/α-hetero) is 1. The molecule has 1 aliphatic carbocycles. The van der Waals surface area contributed by atoms with Gasteiger partial charge in [-0.05, 0) is 48.6 Å². The average Bonchev–Trinajstić information content (AvgIpc) is 2.67. The number of aromatic nitrogens is 1. The van der Waals surface area contributed by atoms with Crippen molar-refractivity contribution >= 4 is 29.0 Å². The van der Waals surface area contributed by atoms with E-state index in [1.807, 2.05) is 0 Å². The minimum Gasteiger partial charge on any atom is -0.392 e. The molecule has 0 unspecified atom stereocenters. The lowest BCUT2D eigenvalue weighted by atomic mass is 9.77. The summed E-state index contributed by atoms with van der Waals surface area (Å²) < 4.78 is 21.1. The predicted octanol–water partition coefficient (Wildman–Crippen LogP) is 4.73. The molecule has 3 rings (SSSR count). The van der Waals surface area contributed by atoms with Crippen LogP contribution in [0.2, 0.25) is 10.0 Å². The Balaban J connectivity index is 1.85. The van der Waals surface area contributed by atoms with E-state index in [0.717, 1.165) is 0 Å². The van der Waals surface area contributed by atoms with Gasteiger partial charge in [0.1, 0.15) is 0 Å². The molecule has 1 N–H and O–H groups in total. The number of benzene rings is 1. The van der Waals surface area contributed by atoms with Gasteiger partial charge in [-0.25, -0.2) is 4.39 Å². The number of alkyl halides is 1. The smallest absolute Gasteiger partial charge is 0.195 e. The molecule has 144 valence electrons. The summed E-state index contributed by atoms with van der Waals surface area (Å²) in [5.74, 6) is -0.527. The Labute approximate surface area is 167 Å². The summed E-state index contributed by atoms with van der Waals surface area (Å²) in [5.41, 5.74) is -0.201. The van der Waals surface area contributed by atoms with Crippen molar-refractivity contribution in [2.75, 3.05) is 7.11 Å². The number of ether oxygens (including phenoxy) is 1. The second-order valence-electron chi connectivity index (χ2n) is 6.61. The van der Waals surface area contributed by atoms with Gasteiger partial charge < -0.3 is 9.84 Å². The second-order valence-corrected chi connectivity index (χ2v) is 7.45. The lowest BCUT2D eigenvalue weighted by Crippen LogP contribution is -2.37. The molecule has 1 heterocycles. The van der Waals surface area contributed by atoms with Crippen LogP contribution >= 0.6 is 23.2 Å². The normalized spacial score (nSPS) is 21.7. The lowest BCUT2D eigenvalue weighted by molar-refractivity contribution is -0.133. The third-order valence-electron chi connectivity index (χ3n) is 5.07. The molecule has 27 heavy (non-hydrogen) atoms. The van der Waals surface area contributed by atoms with Crippen LogP contribution in [0.15, 0.2) is 30.5 Å². The van der Waals surface area contributed by atoms with E-state index in [4.69, 9.17) is 27.9 Å². The van der Waals surface area contributed by atoms with Crippen LogP contribution in [0.3, 0.4) is 0 Å². The Morgan fingerprint density at radius 2 is 2.22 bits per heavy atom. The van der Waals surface area contributed by atoms with E-state index in [1.165, 1.54) is 0 Å². The van der Waals surface area contributed by atoms with Crippen molar-refractivity contribution in [2.24, 2.45) is 0 Å². The van der Waals surface area contributed by atoms with E-state index in [-0.39, 0.29) is 37.5 Å². The molecule has 1 aromatic carbocycles. The Morgan fingerprint density at radius 3 is 2.93 bits per heavy atom. The van der Waals surface area contributed by atoms with Crippen molar-refractivity contribution in [1.82, 2.24) is 4.98 Å². The number of pyridine rings is 1. The highest BCUT2D eigenvalue weighted by molar-refractivity contribution is 6.35. The van der Waals surface area contributed by atoms with Crippen LogP contribution in [-0.2, 0) is 28.2 Å². The fourth-order valence-electron chi connectivity index (χ4n) is 3.64. The highest BCUT2D eigenvalue weighted by Gasteiger charge is 2.46. The molecule has 0 saturated carbocycles. The van der Waals surface area contributed by atoms with Gasteiger partial charge in [-0.15, -0.1) is 0 Å². The fraction of sp³-hybridized carbons (Fsp3) is 0.400. The molecule has 2 aromatic rings. The minimum absolute atomic E-state index is 0.0448. The summed E-state index contributed by atoms with van der Waals surface area (Å²) in [5, 5.41) is 10.3. The number of ketones is 1. The van der Waals surface area contributed by atoms with Gasteiger partial charge in [0, 0.05) is 35.3 Å². The van der Waals surface area contributed by atoms with Gasteiger partial charge in [0.15, 0.2) is 11.5 Å². The Morgan fingerprint density at radius 1 is 1.44 bits per heavy atom. The summed E-state index contributed by atoms with van der Waals surface area (Å²) in [7, 11) is 1.55. The number of carbonyl (C=O) groups excluding carboxylic acids is 1. The number of halogens is 3. The highest BCUT2D eigenvalue weighted by Crippen LogP contribution is 2.44. The van der Waals surface area contributed by atoms with Gasteiger partial charge >= 0.3 is 0 Å². The van der Waals surface area contributed by atoms with Crippen LogP contribution in [-0.4, -0.2) is 23.0 Å². The van der Waals surface area contributed by atoms with Crippen molar-refractivity contribution in [3.63, 3.8) is 0 Å². The molecule has 1 aliphatic rings. The number of carbonyl (C=O) groups is 1. The maximum atomic E-state index is 15.8. The van der Waals surface area contributed by atoms with Gasteiger partial charge in [0.25, 0.3) is 0 Å². The molecule has 0 fully saturated rings. The van der Waals surface area contributed by atoms with Gasteiger partial charge in [-0.3, -0.25) is 9.78 Å². The fourth-order valence-corrected chi connectivity index (χ4v) is 4.27. The highest BCUT2D eigenvalue weighted by atomic mass is 35.5. The molecule has 0 aliphatic heterocycles. The largest absolute Gasteiger partial charge is 0.392 e. The third-order valence-corrected chi connectivity index (χ3v) is 5.63. The van der Waals surface area contributed by atoms with Crippen LogP contribution in [0.1, 0.15) is 47.8 Å². The number of fused-ring (bicyclic) bond motifs is 1. The van der Waals surface area contributed by atoms with Crippen molar-refractivity contribution in [1.29, 1.82) is 0 Å². The van der Waals surface area contributed by atoms with E-state index < -0.39 is 11.5 Å². The van der Waals surface area contributed by atoms with Gasteiger partial charge in [-0.1, -0.05) is 29.3 Å². The second kappa shape index (κ2) is 8.23. The molecule has 7 heteroatoms. The van der Waals surface area contributed by atoms with Gasteiger partial charge in [0.05, 0.1) is 18.4 Å². The molecule has 0 saturated heterocycles. The van der Waals surface area contributed by atoms with Crippen LogP contribution in [0.4, 0.5) is 4.39 Å². The number of hydrogen-bond acceptors (Lipinski definition) is 4. The van der Waals surface area contributed by atoms with Crippen LogP contribution < -0.4 is 0 Å². The van der Waals surface area contributed by atoms with E-state index in [2.05, 4.69) is 4.98 Å². The molecule has 0 bridgehead atoms. The first-order chi connectivity index (χ1) is 12.9. The number of aliphatic hydroxyl groups excluding tert-OH is 1. The molecular weight excluding hydrogens is 392 g/mol. The first-order valence-electron chi connectivity index (χ1n) is 8.68. The number of hydrogen-bond donors (Lipinski definition) is 1. The topological polar surface area (TPSA) is 59.4 Å². The zero-order valence-corrected chi connectivity index (χ0v) is 16.4. The number of methoxy groups -OCH3 is 1. The lowest BCUT2D eigenvalue weighted by Gasteiger charge is -2.34. The zero-order chi connectivity index (χ0) is 19.6. The first kappa shape index (κ1) is 20.2. The summed E-state index contributed by atoms with van der Waals surface area (Å²) in [6.45, 7) is -0.257. The summed E-state index contributed by atoms with van der Waals surface area (Å²) in [6, 6.07) is 6.37. The number of nitrogens with zero attached hydrogens (tertiary/aromatic N) is 1. The van der Waals surface area contributed by atoms with E-state index in [9.17, 15) is 9.90 Å². The molecule has 4 nitrogen and oxygen atoms in total. The predicted molar refractivity (Wildman–Crippen MR) is 102 cm³/mol. The quantitative estimate of drug-likeness (QED) is 0.746. The SMILES string of the molecule is CO[C@H]1CC[C@](F)(C(=O)CCc2c(Cl)cc(Cl)cc2CO)c2cccnc21. The van der Waals surface area contributed by atoms with Gasteiger partial charge in [0.2, 0.25) is 0 Å². The Kier molecular flexibility index (Phi) is 6.16.